The van der Waals surface area contributed by atoms with E-state index in [9.17, 15) is 0 Å². The van der Waals surface area contributed by atoms with Crippen LogP contribution in [-0.4, -0.2) is 18.2 Å². The largest absolute Gasteiger partial charge is 0.457 e. The summed E-state index contributed by atoms with van der Waals surface area (Å²) >= 11 is 0. The number of hydrogen-bond acceptors (Lipinski definition) is 3. The molecule has 1 rings (SSSR count). The Morgan fingerprint density at radius 2 is 2.23 bits per heavy atom. The van der Waals surface area contributed by atoms with E-state index in [0.29, 0.717) is 6.02 Å². The van der Waals surface area contributed by atoms with Gasteiger partial charge in [-0.25, -0.2) is 4.99 Å². The smallest absolute Gasteiger partial charge is 0.282 e. The molecule has 76 valence electrons. The maximum Gasteiger partial charge on any atom is 0.282 e. The van der Waals surface area contributed by atoms with Gasteiger partial charge in [-0.3, -0.25) is 0 Å². The Balaban J connectivity index is 2.14. The third-order valence-corrected chi connectivity index (χ3v) is 2.48. The van der Waals surface area contributed by atoms with Gasteiger partial charge in [-0.1, -0.05) is 26.2 Å². The Kier molecular flexibility index (Phi) is 3.58. The van der Waals surface area contributed by atoms with Crippen LogP contribution in [0, 0.1) is 0 Å². The first-order valence-electron chi connectivity index (χ1n) is 5.15. The third kappa shape index (κ3) is 3.25. The molecular formula is C10H20N2O. The number of amidine groups is 1. The summed E-state index contributed by atoms with van der Waals surface area (Å²) in [5, 5.41) is 0. The first-order valence-corrected chi connectivity index (χ1v) is 5.15. The van der Waals surface area contributed by atoms with E-state index in [-0.39, 0.29) is 5.60 Å². The molecule has 0 amide bonds. The average molecular weight is 184 g/mol. The molecule has 2 N–H and O–H groups in total. The van der Waals surface area contributed by atoms with E-state index in [1.54, 1.807) is 0 Å². The summed E-state index contributed by atoms with van der Waals surface area (Å²) in [6, 6.07) is 0.359. The van der Waals surface area contributed by atoms with Crippen molar-refractivity contribution in [3.63, 3.8) is 0 Å². The van der Waals surface area contributed by atoms with Crippen LogP contribution in [0.4, 0.5) is 0 Å². The Hall–Kier alpha value is -0.730. The number of nitrogens with two attached hydrogens (primary N) is 1. The van der Waals surface area contributed by atoms with Crippen molar-refractivity contribution in [3.05, 3.63) is 0 Å². The lowest BCUT2D eigenvalue weighted by molar-refractivity contribution is 0.0931. The van der Waals surface area contributed by atoms with Crippen LogP contribution in [0.25, 0.3) is 0 Å². The van der Waals surface area contributed by atoms with Crippen LogP contribution in [0.5, 0.6) is 0 Å². The van der Waals surface area contributed by atoms with Crippen molar-refractivity contribution in [1.82, 2.24) is 0 Å². The second-order valence-electron chi connectivity index (χ2n) is 4.02. The molecule has 0 fully saturated rings. The molecule has 1 aliphatic rings. The summed E-state index contributed by atoms with van der Waals surface area (Å²) in [4.78, 5) is 4.06. The minimum atomic E-state index is -0.113. The molecule has 0 aliphatic carbocycles. The van der Waals surface area contributed by atoms with Gasteiger partial charge in [0.1, 0.15) is 5.60 Å². The second kappa shape index (κ2) is 4.49. The van der Waals surface area contributed by atoms with Gasteiger partial charge in [-0.15, -0.1) is 0 Å². The number of hydrogen-bond donors (Lipinski definition) is 1. The quantitative estimate of drug-likeness (QED) is 0.665. The maximum absolute atomic E-state index is 5.47. The molecule has 1 heterocycles. The number of nitrogens with zero attached hydrogens (tertiary/aromatic N) is 1. The average Bonchev–Trinajstić information content (AvgIpc) is 2.41. The molecule has 0 radical (unpaired) electrons. The fraction of sp³-hybridized carbons (Fsp3) is 0.900. The zero-order valence-electron chi connectivity index (χ0n) is 8.68. The van der Waals surface area contributed by atoms with Crippen LogP contribution < -0.4 is 5.73 Å². The first kappa shape index (κ1) is 10.4. The molecule has 13 heavy (non-hydrogen) atoms. The summed E-state index contributed by atoms with van der Waals surface area (Å²) in [6.07, 6.45) is 6.16. The van der Waals surface area contributed by atoms with E-state index in [2.05, 4.69) is 18.8 Å². The molecule has 0 aromatic heterocycles. The Bertz CT molecular complexity index is 191. The van der Waals surface area contributed by atoms with Crippen molar-refractivity contribution in [2.75, 3.05) is 6.54 Å². The molecule has 1 unspecified atom stereocenters. The van der Waals surface area contributed by atoms with Crippen molar-refractivity contribution < 1.29 is 4.74 Å². The minimum Gasteiger partial charge on any atom is -0.457 e. The zero-order valence-corrected chi connectivity index (χ0v) is 8.68. The van der Waals surface area contributed by atoms with Gasteiger partial charge in [-0.2, -0.15) is 0 Å². The highest BCUT2D eigenvalue weighted by molar-refractivity contribution is 5.73. The van der Waals surface area contributed by atoms with E-state index in [1.807, 2.05) is 0 Å². The summed E-state index contributed by atoms with van der Waals surface area (Å²) in [6.45, 7) is 5.03. The van der Waals surface area contributed by atoms with Crippen LogP contribution in [0.1, 0.15) is 46.0 Å². The van der Waals surface area contributed by atoms with Crippen molar-refractivity contribution in [2.45, 2.75) is 51.6 Å². The first-order chi connectivity index (χ1) is 6.16. The highest BCUT2D eigenvalue weighted by atomic mass is 16.5. The fourth-order valence-corrected chi connectivity index (χ4v) is 1.62. The Labute approximate surface area is 80.4 Å². The molecular weight excluding hydrogens is 164 g/mol. The standard InChI is InChI=1S/C10H20N2O/c1-3-4-5-6-7-10(2)8-12-9(11)13-10/h3-8H2,1-2H3,(H2,11,12). The van der Waals surface area contributed by atoms with Crippen LogP contribution in [-0.2, 0) is 4.74 Å². The van der Waals surface area contributed by atoms with Crippen molar-refractivity contribution >= 4 is 6.02 Å². The van der Waals surface area contributed by atoms with Crippen LogP contribution in [0.3, 0.4) is 0 Å². The predicted octanol–water partition coefficient (Wildman–Crippen LogP) is 2.06. The van der Waals surface area contributed by atoms with Gasteiger partial charge >= 0.3 is 0 Å². The molecule has 0 bridgehead atoms. The molecule has 1 atom stereocenters. The summed E-state index contributed by atoms with van der Waals surface area (Å²) < 4.78 is 5.46. The van der Waals surface area contributed by atoms with Gasteiger partial charge in [0.05, 0.1) is 6.54 Å². The van der Waals surface area contributed by atoms with Crippen molar-refractivity contribution in [2.24, 2.45) is 10.7 Å². The Morgan fingerprint density at radius 3 is 2.77 bits per heavy atom. The summed E-state index contributed by atoms with van der Waals surface area (Å²) in [5.74, 6) is 0. The summed E-state index contributed by atoms with van der Waals surface area (Å²) in [7, 11) is 0. The molecule has 0 saturated carbocycles. The molecule has 0 spiro atoms. The molecule has 3 nitrogen and oxygen atoms in total. The van der Waals surface area contributed by atoms with E-state index in [0.717, 1.165) is 13.0 Å². The van der Waals surface area contributed by atoms with Gasteiger partial charge in [-0.05, 0) is 19.8 Å². The molecule has 0 saturated heterocycles. The summed E-state index contributed by atoms with van der Waals surface area (Å²) in [5.41, 5.74) is 5.36. The van der Waals surface area contributed by atoms with Crippen molar-refractivity contribution in [1.29, 1.82) is 0 Å². The topological polar surface area (TPSA) is 47.6 Å². The molecule has 0 aromatic carbocycles. The molecule has 3 heteroatoms. The van der Waals surface area contributed by atoms with Gasteiger partial charge in [0.15, 0.2) is 0 Å². The van der Waals surface area contributed by atoms with Crippen LogP contribution in [0.15, 0.2) is 4.99 Å². The number of unbranched alkanes of at least 4 members (excludes halogenated alkanes) is 3. The predicted molar refractivity (Wildman–Crippen MR) is 54.7 cm³/mol. The van der Waals surface area contributed by atoms with E-state index in [4.69, 9.17) is 10.5 Å². The number of rotatable bonds is 5. The second-order valence-corrected chi connectivity index (χ2v) is 4.02. The fourth-order valence-electron chi connectivity index (χ4n) is 1.62. The third-order valence-electron chi connectivity index (χ3n) is 2.48. The normalized spacial score (nSPS) is 27.1. The minimum absolute atomic E-state index is 0.113. The van der Waals surface area contributed by atoms with Crippen LogP contribution >= 0.6 is 0 Å². The number of ether oxygens (including phenoxy) is 1. The van der Waals surface area contributed by atoms with E-state index < -0.39 is 0 Å². The SMILES string of the molecule is CCCCCCC1(C)CN=C(N)O1. The Morgan fingerprint density at radius 1 is 1.46 bits per heavy atom. The van der Waals surface area contributed by atoms with Crippen molar-refractivity contribution in [3.8, 4) is 0 Å². The van der Waals surface area contributed by atoms with E-state index >= 15 is 0 Å². The van der Waals surface area contributed by atoms with Gasteiger partial charge in [0.25, 0.3) is 6.02 Å². The highest BCUT2D eigenvalue weighted by Crippen LogP contribution is 2.23. The highest BCUT2D eigenvalue weighted by Gasteiger charge is 2.30. The number of aliphatic imine (C=N–C) groups is 1. The maximum atomic E-state index is 5.47. The van der Waals surface area contributed by atoms with E-state index in [1.165, 1.54) is 25.7 Å². The molecule has 0 aromatic rings. The van der Waals surface area contributed by atoms with Gasteiger partial charge in [0, 0.05) is 0 Å². The van der Waals surface area contributed by atoms with Gasteiger partial charge in [0.2, 0.25) is 0 Å². The van der Waals surface area contributed by atoms with Gasteiger partial charge < -0.3 is 10.5 Å². The van der Waals surface area contributed by atoms with Crippen LogP contribution in [0.2, 0.25) is 0 Å². The monoisotopic (exact) mass is 184 g/mol. The lowest BCUT2D eigenvalue weighted by atomic mass is 9.98. The lowest BCUT2D eigenvalue weighted by Crippen LogP contribution is -2.30. The zero-order chi connectivity index (χ0) is 9.73. The molecule has 1 aliphatic heterocycles. The lowest BCUT2D eigenvalue weighted by Gasteiger charge is -2.22.